The van der Waals surface area contributed by atoms with Gasteiger partial charge in [-0.2, -0.15) is 13.2 Å². The van der Waals surface area contributed by atoms with Gasteiger partial charge in [-0.3, -0.25) is 9.78 Å². The molecular weight excluding hydrogens is 377 g/mol. The lowest BCUT2D eigenvalue weighted by atomic mass is 9.83. The molecule has 0 saturated heterocycles. The third-order valence-electron chi connectivity index (χ3n) is 4.87. The number of nitrogens with one attached hydrogen (secondary N) is 1. The van der Waals surface area contributed by atoms with E-state index in [9.17, 15) is 18.0 Å². The average molecular weight is 398 g/mol. The second-order valence-corrected chi connectivity index (χ2v) is 7.42. The largest absolute Gasteiger partial charge is 0.416 e. The highest BCUT2D eigenvalue weighted by Crippen LogP contribution is 2.32. The van der Waals surface area contributed by atoms with Crippen LogP contribution >= 0.6 is 0 Å². The summed E-state index contributed by atoms with van der Waals surface area (Å²) in [5, 5.41) is 2.84. The summed E-state index contributed by atoms with van der Waals surface area (Å²) in [4.78, 5) is 17.0. The fourth-order valence-corrected chi connectivity index (χ4v) is 2.97. The van der Waals surface area contributed by atoms with Crippen LogP contribution < -0.4 is 5.32 Å². The SMILES string of the molecule is Cc1cc(-c2ccc(NC(=O)C(C)(C)c3ccc(C(F)(F)F)cc3)cc2)ccn1. The Bertz CT molecular complexity index is 1010. The first-order chi connectivity index (χ1) is 13.6. The molecule has 0 bridgehead atoms. The van der Waals surface area contributed by atoms with Gasteiger partial charge in [0.15, 0.2) is 0 Å². The van der Waals surface area contributed by atoms with Crippen molar-refractivity contribution in [2.45, 2.75) is 32.4 Å². The van der Waals surface area contributed by atoms with Crippen LogP contribution in [0, 0.1) is 6.92 Å². The molecule has 0 unspecified atom stereocenters. The van der Waals surface area contributed by atoms with Crippen molar-refractivity contribution in [1.82, 2.24) is 4.98 Å². The van der Waals surface area contributed by atoms with E-state index in [1.54, 1.807) is 32.2 Å². The number of hydrogen-bond donors (Lipinski definition) is 1. The highest BCUT2D eigenvalue weighted by Gasteiger charge is 2.33. The Hall–Kier alpha value is -3.15. The number of amides is 1. The van der Waals surface area contributed by atoms with E-state index in [4.69, 9.17) is 0 Å². The third kappa shape index (κ3) is 4.65. The van der Waals surface area contributed by atoms with Crippen molar-refractivity contribution in [3.8, 4) is 11.1 Å². The van der Waals surface area contributed by atoms with Crippen molar-refractivity contribution < 1.29 is 18.0 Å². The van der Waals surface area contributed by atoms with Crippen LogP contribution in [-0.4, -0.2) is 10.9 Å². The van der Waals surface area contributed by atoms with E-state index in [-0.39, 0.29) is 5.91 Å². The van der Waals surface area contributed by atoms with E-state index in [0.29, 0.717) is 11.3 Å². The molecule has 0 fully saturated rings. The van der Waals surface area contributed by atoms with Crippen LogP contribution in [0.4, 0.5) is 18.9 Å². The number of carbonyl (C=O) groups is 1. The molecule has 6 heteroatoms. The van der Waals surface area contributed by atoms with E-state index in [2.05, 4.69) is 10.3 Å². The van der Waals surface area contributed by atoms with Crippen LogP contribution in [0.2, 0.25) is 0 Å². The number of anilines is 1. The summed E-state index contributed by atoms with van der Waals surface area (Å²) in [5.74, 6) is -0.301. The van der Waals surface area contributed by atoms with Crippen molar-refractivity contribution in [3.63, 3.8) is 0 Å². The third-order valence-corrected chi connectivity index (χ3v) is 4.87. The van der Waals surface area contributed by atoms with Crippen molar-refractivity contribution >= 4 is 11.6 Å². The summed E-state index contributed by atoms with van der Waals surface area (Å²) in [5.41, 5.74) is 2.33. The standard InChI is InChI=1S/C23H21F3N2O/c1-15-14-17(12-13-27-15)16-4-10-20(11-5-16)28-21(29)22(2,3)18-6-8-19(9-7-18)23(24,25)26/h4-14H,1-3H3,(H,28,29). The normalized spacial score (nSPS) is 11.9. The maximum atomic E-state index is 12.8. The lowest BCUT2D eigenvalue weighted by Crippen LogP contribution is -2.34. The van der Waals surface area contributed by atoms with Gasteiger partial charge in [-0.15, -0.1) is 0 Å². The minimum atomic E-state index is -4.40. The number of carbonyl (C=O) groups excluding carboxylic acids is 1. The summed E-state index contributed by atoms with van der Waals surface area (Å²) in [7, 11) is 0. The van der Waals surface area contributed by atoms with Crippen LogP contribution in [0.25, 0.3) is 11.1 Å². The Morgan fingerprint density at radius 3 is 2.00 bits per heavy atom. The molecule has 2 aromatic carbocycles. The molecule has 3 rings (SSSR count). The molecule has 1 heterocycles. The fraction of sp³-hybridized carbons (Fsp3) is 0.217. The minimum Gasteiger partial charge on any atom is -0.325 e. The zero-order valence-corrected chi connectivity index (χ0v) is 16.3. The number of halogens is 3. The summed E-state index contributed by atoms with van der Waals surface area (Å²) in [6, 6.07) is 16.0. The van der Waals surface area contributed by atoms with Crippen LogP contribution in [0.15, 0.2) is 66.9 Å². The zero-order chi connectivity index (χ0) is 21.2. The van der Waals surface area contributed by atoms with Gasteiger partial charge in [0.2, 0.25) is 5.91 Å². The molecule has 1 amide bonds. The number of alkyl halides is 3. The molecule has 0 aliphatic carbocycles. The average Bonchev–Trinajstić information content (AvgIpc) is 2.68. The van der Waals surface area contributed by atoms with Crippen molar-refractivity contribution in [3.05, 3.63) is 83.7 Å². The summed E-state index contributed by atoms with van der Waals surface area (Å²) >= 11 is 0. The van der Waals surface area contributed by atoms with Crippen molar-refractivity contribution in [2.24, 2.45) is 0 Å². The van der Waals surface area contributed by atoms with Crippen molar-refractivity contribution in [1.29, 1.82) is 0 Å². The van der Waals surface area contributed by atoms with E-state index < -0.39 is 17.2 Å². The van der Waals surface area contributed by atoms with Gasteiger partial charge in [-0.25, -0.2) is 0 Å². The zero-order valence-electron chi connectivity index (χ0n) is 16.3. The highest BCUT2D eigenvalue weighted by molar-refractivity contribution is 5.98. The number of aromatic nitrogens is 1. The first kappa shape index (κ1) is 20.6. The number of rotatable bonds is 4. The molecule has 3 nitrogen and oxygen atoms in total. The molecule has 0 saturated carbocycles. The number of hydrogen-bond acceptors (Lipinski definition) is 2. The number of benzene rings is 2. The van der Waals surface area contributed by atoms with Gasteiger partial charge in [0.05, 0.1) is 11.0 Å². The summed E-state index contributed by atoms with van der Waals surface area (Å²) in [6.07, 6.45) is -2.66. The topological polar surface area (TPSA) is 42.0 Å². The van der Waals surface area contributed by atoms with Gasteiger partial charge in [0.1, 0.15) is 0 Å². The first-order valence-corrected chi connectivity index (χ1v) is 9.09. The van der Waals surface area contributed by atoms with Gasteiger partial charge >= 0.3 is 6.18 Å². The number of pyridine rings is 1. The maximum absolute atomic E-state index is 12.8. The molecule has 0 spiro atoms. The smallest absolute Gasteiger partial charge is 0.325 e. The van der Waals surface area contributed by atoms with Gasteiger partial charge in [0.25, 0.3) is 0 Å². The van der Waals surface area contributed by atoms with Gasteiger partial charge < -0.3 is 5.32 Å². The predicted octanol–water partition coefficient (Wildman–Crippen LogP) is 5.99. The maximum Gasteiger partial charge on any atom is 0.416 e. The molecule has 0 aliphatic heterocycles. The fourth-order valence-electron chi connectivity index (χ4n) is 2.97. The van der Waals surface area contributed by atoms with Crippen LogP contribution in [-0.2, 0) is 16.4 Å². The van der Waals surface area contributed by atoms with E-state index in [1.165, 1.54) is 12.1 Å². The van der Waals surface area contributed by atoms with E-state index in [0.717, 1.165) is 29.0 Å². The Kier molecular flexibility index (Phi) is 5.46. The summed E-state index contributed by atoms with van der Waals surface area (Å²) in [6.45, 7) is 5.28. The molecule has 1 N–H and O–H groups in total. The lowest BCUT2D eigenvalue weighted by molar-refractivity contribution is -0.137. The molecule has 0 radical (unpaired) electrons. The summed E-state index contributed by atoms with van der Waals surface area (Å²) < 4.78 is 38.3. The predicted molar refractivity (Wildman–Crippen MR) is 108 cm³/mol. The molecule has 150 valence electrons. The lowest BCUT2D eigenvalue weighted by Gasteiger charge is -2.24. The second kappa shape index (κ2) is 7.70. The van der Waals surface area contributed by atoms with Gasteiger partial charge in [-0.1, -0.05) is 24.3 Å². The highest BCUT2D eigenvalue weighted by atomic mass is 19.4. The Morgan fingerprint density at radius 1 is 0.862 bits per heavy atom. The van der Waals surface area contributed by atoms with Gasteiger partial charge in [0, 0.05) is 17.6 Å². The minimum absolute atomic E-state index is 0.301. The number of aryl methyl sites for hydroxylation is 1. The number of nitrogens with zero attached hydrogens (tertiary/aromatic N) is 1. The first-order valence-electron chi connectivity index (χ1n) is 9.09. The molecule has 0 aliphatic rings. The van der Waals surface area contributed by atoms with E-state index in [1.807, 2.05) is 31.2 Å². The van der Waals surface area contributed by atoms with E-state index >= 15 is 0 Å². The van der Waals surface area contributed by atoms with Crippen LogP contribution in [0.3, 0.4) is 0 Å². The molecule has 29 heavy (non-hydrogen) atoms. The molecule has 0 atom stereocenters. The Morgan fingerprint density at radius 2 is 1.45 bits per heavy atom. The second-order valence-electron chi connectivity index (χ2n) is 7.42. The quantitative estimate of drug-likeness (QED) is 0.586. The Labute approximate surface area is 167 Å². The molecule has 1 aromatic heterocycles. The van der Waals surface area contributed by atoms with Crippen LogP contribution in [0.1, 0.15) is 30.7 Å². The Balaban J connectivity index is 1.75. The van der Waals surface area contributed by atoms with Crippen LogP contribution in [0.5, 0.6) is 0 Å². The van der Waals surface area contributed by atoms with Crippen molar-refractivity contribution in [2.75, 3.05) is 5.32 Å². The monoisotopic (exact) mass is 398 g/mol. The molecular formula is C23H21F3N2O. The van der Waals surface area contributed by atoms with Gasteiger partial charge in [-0.05, 0) is 73.9 Å². The molecule has 3 aromatic rings.